The minimum Gasteiger partial charge on any atom is -0.481 e. The largest absolute Gasteiger partial charge is 0.481 e. The summed E-state index contributed by atoms with van der Waals surface area (Å²) in [5.41, 5.74) is 1.86. The molecular formula is C17H17N5O2. The third-order valence-electron chi connectivity index (χ3n) is 3.44. The van der Waals surface area contributed by atoms with Crippen molar-refractivity contribution >= 4 is 5.91 Å². The molecule has 0 unspecified atom stereocenters. The van der Waals surface area contributed by atoms with Gasteiger partial charge >= 0.3 is 0 Å². The number of nitrogens with zero attached hydrogens (tertiary/aromatic N) is 4. The van der Waals surface area contributed by atoms with Crippen molar-refractivity contribution in [2.45, 2.75) is 19.6 Å². The van der Waals surface area contributed by atoms with Crippen molar-refractivity contribution in [1.29, 1.82) is 0 Å². The topological polar surface area (TPSA) is 81.9 Å². The molecule has 0 saturated carbocycles. The Hall–Kier alpha value is -3.22. The monoisotopic (exact) mass is 323 g/mol. The van der Waals surface area contributed by atoms with Gasteiger partial charge in [0.15, 0.2) is 6.10 Å². The van der Waals surface area contributed by atoms with Crippen LogP contribution in [-0.2, 0) is 11.3 Å². The minimum absolute atomic E-state index is 0.164. The Morgan fingerprint density at radius 3 is 2.58 bits per heavy atom. The van der Waals surface area contributed by atoms with Gasteiger partial charge in [0.1, 0.15) is 12.1 Å². The van der Waals surface area contributed by atoms with Crippen LogP contribution in [0.25, 0.3) is 5.69 Å². The Morgan fingerprint density at radius 1 is 1.17 bits per heavy atom. The maximum absolute atomic E-state index is 12.1. The molecule has 3 rings (SSSR count). The van der Waals surface area contributed by atoms with Gasteiger partial charge in [-0.2, -0.15) is 0 Å². The second-order valence-corrected chi connectivity index (χ2v) is 5.21. The highest BCUT2D eigenvalue weighted by Gasteiger charge is 2.14. The predicted octanol–water partition coefficient (Wildman–Crippen LogP) is 1.75. The SMILES string of the molecule is C[C@@H](Oc1ccc(-n2cnnn2)cc1)C(=O)NCc1ccccc1. The molecule has 0 bridgehead atoms. The van der Waals surface area contributed by atoms with Crippen molar-refractivity contribution in [2.24, 2.45) is 0 Å². The molecule has 0 aliphatic rings. The van der Waals surface area contributed by atoms with Crippen LogP contribution in [0.2, 0.25) is 0 Å². The summed E-state index contributed by atoms with van der Waals surface area (Å²) in [5.74, 6) is 0.442. The van der Waals surface area contributed by atoms with Crippen LogP contribution in [0.3, 0.4) is 0 Å². The number of hydrogen-bond donors (Lipinski definition) is 1. The Morgan fingerprint density at radius 2 is 1.92 bits per heavy atom. The van der Waals surface area contributed by atoms with Crippen molar-refractivity contribution in [3.63, 3.8) is 0 Å². The number of carbonyl (C=O) groups is 1. The first-order chi connectivity index (χ1) is 11.7. The van der Waals surface area contributed by atoms with E-state index in [0.29, 0.717) is 12.3 Å². The number of tetrazole rings is 1. The standard InChI is InChI=1S/C17H17N5O2/c1-13(17(23)18-11-14-5-3-2-4-6-14)24-16-9-7-15(8-10-16)22-12-19-20-21-22/h2-10,12-13H,11H2,1H3,(H,18,23)/t13-/m1/s1. The third-order valence-corrected chi connectivity index (χ3v) is 3.44. The Balaban J connectivity index is 1.54. The van der Waals surface area contributed by atoms with E-state index in [1.165, 1.54) is 6.33 Å². The smallest absolute Gasteiger partial charge is 0.261 e. The summed E-state index contributed by atoms with van der Waals surface area (Å²) >= 11 is 0. The maximum Gasteiger partial charge on any atom is 0.261 e. The summed E-state index contributed by atoms with van der Waals surface area (Å²) < 4.78 is 7.21. The molecule has 0 aliphatic heterocycles. The number of hydrogen-bond acceptors (Lipinski definition) is 5. The van der Waals surface area contributed by atoms with Crippen LogP contribution in [0.4, 0.5) is 0 Å². The van der Waals surface area contributed by atoms with Crippen LogP contribution in [0.5, 0.6) is 5.75 Å². The molecule has 7 nitrogen and oxygen atoms in total. The number of benzene rings is 2. The number of nitrogens with one attached hydrogen (secondary N) is 1. The first kappa shape index (κ1) is 15.7. The van der Waals surface area contributed by atoms with E-state index in [1.807, 2.05) is 42.5 Å². The molecule has 1 amide bonds. The lowest BCUT2D eigenvalue weighted by Gasteiger charge is -2.15. The molecule has 7 heteroatoms. The highest BCUT2D eigenvalue weighted by atomic mass is 16.5. The third kappa shape index (κ3) is 3.95. The molecular weight excluding hydrogens is 306 g/mol. The van der Waals surface area contributed by atoms with Crippen LogP contribution in [0, 0.1) is 0 Å². The first-order valence-electron chi connectivity index (χ1n) is 7.54. The van der Waals surface area contributed by atoms with E-state index in [1.54, 1.807) is 23.7 Å². The van der Waals surface area contributed by atoms with Gasteiger partial charge in [0.2, 0.25) is 0 Å². The molecule has 122 valence electrons. The zero-order valence-corrected chi connectivity index (χ0v) is 13.2. The Bertz CT molecular complexity index is 773. The van der Waals surface area contributed by atoms with Gasteiger partial charge in [0.05, 0.1) is 5.69 Å². The molecule has 24 heavy (non-hydrogen) atoms. The molecule has 1 atom stereocenters. The molecule has 1 N–H and O–H groups in total. The van der Waals surface area contributed by atoms with Gasteiger partial charge in [0.25, 0.3) is 5.91 Å². The van der Waals surface area contributed by atoms with Crippen LogP contribution in [0.1, 0.15) is 12.5 Å². The fourth-order valence-electron chi connectivity index (χ4n) is 2.14. The van der Waals surface area contributed by atoms with Gasteiger partial charge in [-0.15, -0.1) is 5.10 Å². The second-order valence-electron chi connectivity index (χ2n) is 5.21. The van der Waals surface area contributed by atoms with Crippen LogP contribution in [0.15, 0.2) is 60.9 Å². The first-order valence-corrected chi connectivity index (χ1v) is 7.54. The molecule has 0 saturated heterocycles. The molecule has 0 fully saturated rings. The highest BCUT2D eigenvalue weighted by Crippen LogP contribution is 2.15. The van der Waals surface area contributed by atoms with Gasteiger partial charge in [0, 0.05) is 6.54 Å². The van der Waals surface area contributed by atoms with Crippen molar-refractivity contribution in [2.75, 3.05) is 0 Å². The average molecular weight is 323 g/mol. The van der Waals surface area contributed by atoms with Crippen molar-refractivity contribution in [1.82, 2.24) is 25.5 Å². The van der Waals surface area contributed by atoms with E-state index in [9.17, 15) is 4.79 Å². The number of carbonyl (C=O) groups excluding carboxylic acids is 1. The number of amides is 1. The summed E-state index contributed by atoms with van der Waals surface area (Å²) in [7, 11) is 0. The molecule has 2 aromatic carbocycles. The zero-order chi connectivity index (χ0) is 16.8. The Labute approximate surface area is 139 Å². The summed E-state index contributed by atoms with van der Waals surface area (Å²) in [6.45, 7) is 2.20. The lowest BCUT2D eigenvalue weighted by atomic mass is 10.2. The van der Waals surface area contributed by atoms with Gasteiger partial charge < -0.3 is 10.1 Å². The van der Waals surface area contributed by atoms with Gasteiger partial charge in [-0.1, -0.05) is 30.3 Å². The van der Waals surface area contributed by atoms with Gasteiger partial charge in [-0.3, -0.25) is 4.79 Å². The molecule has 0 aliphatic carbocycles. The van der Waals surface area contributed by atoms with E-state index in [4.69, 9.17) is 4.74 Å². The van der Waals surface area contributed by atoms with Crippen molar-refractivity contribution < 1.29 is 9.53 Å². The van der Waals surface area contributed by atoms with Crippen LogP contribution in [-0.4, -0.2) is 32.2 Å². The average Bonchev–Trinajstić information content (AvgIpc) is 3.16. The van der Waals surface area contributed by atoms with Crippen molar-refractivity contribution in [3.05, 3.63) is 66.5 Å². The summed E-state index contributed by atoms with van der Waals surface area (Å²) in [6, 6.07) is 16.9. The van der Waals surface area contributed by atoms with Crippen molar-refractivity contribution in [3.8, 4) is 11.4 Å². The van der Waals surface area contributed by atoms with E-state index >= 15 is 0 Å². The number of aromatic nitrogens is 4. The van der Waals surface area contributed by atoms with Crippen LogP contribution < -0.4 is 10.1 Å². The van der Waals surface area contributed by atoms with E-state index < -0.39 is 6.10 Å². The maximum atomic E-state index is 12.1. The van der Waals surface area contributed by atoms with Crippen LogP contribution >= 0.6 is 0 Å². The summed E-state index contributed by atoms with van der Waals surface area (Å²) in [5, 5.41) is 13.8. The van der Waals surface area contributed by atoms with E-state index in [0.717, 1.165) is 11.3 Å². The van der Waals surface area contributed by atoms with Gasteiger partial charge in [-0.25, -0.2) is 4.68 Å². The molecule has 0 spiro atoms. The lowest BCUT2D eigenvalue weighted by Crippen LogP contribution is -2.35. The minimum atomic E-state index is -0.590. The lowest BCUT2D eigenvalue weighted by molar-refractivity contribution is -0.127. The van der Waals surface area contributed by atoms with E-state index in [-0.39, 0.29) is 5.91 Å². The molecule has 1 heterocycles. The fourth-order valence-corrected chi connectivity index (χ4v) is 2.14. The summed E-state index contributed by atoms with van der Waals surface area (Å²) in [4.78, 5) is 12.1. The van der Waals surface area contributed by atoms with Gasteiger partial charge in [-0.05, 0) is 47.2 Å². The Kier molecular flexibility index (Phi) is 4.81. The fraction of sp³-hybridized carbons (Fsp3) is 0.176. The van der Waals surface area contributed by atoms with E-state index in [2.05, 4.69) is 20.8 Å². The number of ether oxygens (including phenoxy) is 1. The highest BCUT2D eigenvalue weighted by molar-refractivity contribution is 5.80. The zero-order valence-electron chi connectivity index (χ0n) is 13.2. The summed E-state index contributed by atoms with van der Waals surface area (Å²) in [6.07, 6.45) is 0.919. The molecule has 3 aromatic rings. The normalized spacial score (nSPS) is 11.7. The number of rotatable bonds is 6. The second kappa shape index (κ2) is 7.36. The molecule has 0 radical (unpaired) electrons. The molecule has 1 aromatic heterocycles. The quantitative estimate of drug-likeness (QED) is 0.747. The predicted molar refractivity (Wildman–Crippen MR) is 87.5 cm³/mol.